The number of aryl methyl sites for hydroxylation is 1. The molecule has 0 unspecified atom stereocenters. The van der Waals surface area contributed by atoms with E-state index in [2.05, 4.69) is 20.5 Å². The summed E-state index contributed by atoms with van der Waals surface area (Å²) < 4.78 is 38.5. The van der Waals surface area contributed by atoms with Crippen LogP contribution in [0, 0.1) is 6.92 Å². The number of benzene rings is 3. The first kappa shape index (κ1) is 24.5. The second-order valence-corrected chi connectivity index (χ2v) is 8.36. The Bertz CT molecular complexity index is 1400. The van der Waals surface area contributed by atoms with Gasteiger partial charge in [-0.15, -0.1) is 15.3 Å². The first-order chi connectivity index (χ1) is 16.1. The number of ether oxygens (including phenoxy) is 1. The predicted octanol–water partition coefficient (Wildman–Crippen LogP) is 5.41. The Kier molecular flexibility index (Phi) is 7.34. The van der Waals surface area contributed by atoms with E-state index in [0.29, 0.717) is 5.69 Å². The molecule has 11 nitrogen and oxygen atoms in total. The van der Waals surface area contributed by atoms with Gasteiger partial charge in [0.25, 0.3) is 10.1 Å². The van der Waals surface area contributed by atoms with Crippen LogP contribution in [0.15, 0.2) is 79.9 Å². The summed E-state index contributed by atoms with van der Waals surface area (Å²) in [5, 5.41) is 16.1. The van der Waals surface area contributed by atoms with Crippen LogP contribution in [0.2, 0.25) is 0 Å². The molecule has 3 rings (SSSR count). The molecule has 34 heavy (non-hydrogen) atoms. The normalized spacial score (nSPS) is 11.9. The zero-order chi connectivity index (χ0) is 24.9. The number of nitrogen functional groups attached to an aromatic ring is 2. The molecule has 0 radical (unpaired) electrons. The Balaban J connectivity index is 2.13. The topological polar surface area (TPSA) is 182 Å². The summed E-state index contributed by atoms with van der Waals surface area (Å²) in [6, 6.07) is 14.3. The minimum atomic E-state index is -4.76. The van der Waals surface area contributed by atoms with Gasteiger partial charge in [-0.3, -0.25) is 4.55 Å². The minimum absolute atomic E-state index is 0.125. The number of hydrogen-bond acceptors (Lipinski definition) is 10. The van der Waals surface area contributed by atoms with Crippen LogP contribution in [0.5, 0.6) is 0 Å². The predicted molar refractivity (Wildman–Crippen MR) is 127 cm³/mol. The van der Waals surface area contributed by atoms with Crippen molar-refractivity contribution >= 4 is 50.2 Å². The van der Waals surface area contributed by atoms with E-state index < -0.39 is 26.7 Å². The number of nitrogens with zero attached hydrogens (tertiary/aromatic N) is 4. The van der Waals surface area contributed by atoms with Crippen molar-refractivity contribution in [1.29, 1.82) is 0 Å². The summed E-state index contributed by atoms with van der Waals surface area (Å²) in [6.07, 6.45) is 0. The molecule has 0 aliphatic heterocycles. The number of carbonyl (C=O) groups excluding carboxylic acids is 1. The van der Waals surface area contributed by atoms with E-state index >= 15 is 0 Å². The Morgan fingerprint density at radius 3 is 2.15 bits per heavy atom. The minimum Gasteiger partial charge on any atom is -0.462 e. The summed E-state index contributed by atoms with van der Waals surface area (Å²) in [4.78, 5) is 11.5. The highest BCUT2D eigenvalue weighted by molar-refractivity contribution is 7.86. The second-order valence-electron chi connectivity index (χ2n) is 6.97. The van der Waals surface area contributed by atoms with Gasteiger partial charge in [-0.05, 0) is 43.7 Å². The highest BCUT2D eigenvalue weighted by Gasteiger charge is 2.22. The summed E-state index contributed by atoms with van der Waals surface area (Å²) in [5.41, 5.74) is 12.8. The Morgan fingerprint density at radius 1 is 0.912 bits per heavy atom. The number of rotatable bonds is 7. The summed E-state index contributed by atoms with van der Waals surface area (Å²) in [5.74, 6) is -0.603. The van der Waals surface area contributed by atoms with Crippen molar-refractivity contribution in [1.82, 2.24) is 0 Å². The van der Waals surface area contributed by atoms with Crippen LogP contribution in [0.3, 0.4) is 0 Å². The number of esters is 1. The third kappa shape index (κ3) is 5.42. The monoisotopic (exact) mass is 482 g/mol. The Morgan fingerprint density at radius 2 is 1.50 bits per heavy atom. The van der Waals surface area contributed by atoms with Crippen LogP contribution in [0.1, 0.15) is 22.8 Å². The maximum absolute atomic E-state index is 12.2. The Labute approximate surface area is 195 Å². The van der Waals surface area contributed by atoms with E-state index in [1.807, 2.05) is 19.1 Å². The molecule has 0 aliphatic rings. The molecule has 0 aromatic heterocycles. The van der Waals surface area contributed by atoms with Gasteiger partial charge in [0, 0.05) is 0 Å². The van der Waals surface area contributed by atoms with Crippen LogP contribution in [-0.4, -0.2) is 25.5 Å². The summed E-state index contributed by atoms with van der Waals surface area (Å²) in [6.45, 7) is 3.65. The molecule has 0 atom stereocenters. The van der Waals surface area contributed by atoms with Gasteiger partial charge >= 0.3 is 5.97 Å². The van der Waals surface area contributed by atoms with E-state index in [0.717, 1.165) is 11.6 Å². The second kappa shape index (κ2) is 10.2. The fourth-order valence-electron chi connectivity index (χ4n) is 2.90. The van der Waals surface area contributed by atoms with Gasteiger partial charge in [-0.1, -0.05) is 30.3 Å². The fourth-order valence-corrected chi connectivity index (χ4v) is 3.53. The molecule has 0 heterocycles. The molecule has 5 N–H and O–H groups in total. The van der Waals surface area contributed by atoms with E-state index in [4.69, 9.17) is 16.2 Å². The third-order valence-electron chi connectivity index (χ3n) is 4.64. The lowest BCUT2D eigenvalue weighted by atomic mass is 10.2. The summed E-state index contributed by atoms with van der Waals surface area (Å²) in [7, 11) is -4.76. The zero-order valence-corrected chi connectivity index (χ0v) is 19.2. The molecule has 0 amide bonds. The van der Waals surface area contributed by atoms with Crippen molar-refractivity contribution in [3.8, 4) is 0 Å². The first-order valence-corrected chi connectivity index (χ1v) is 11.4. The summed E-state index contributed by atoms with van der Waals surface area (Å²) >= 11 is 0. The highest BCUT2D eigenvalue weighted by atomic mass is 32.2. The lowest BCUT2D eigenvalue weighted by Gasteiger charge is -2.11. The number of carbonyl (C=O) groups is 1. The largest absolute Gasteiger partial charge is 0.462 e. The molecule has 3 aromatic carbocycles. The van der Waals surface area contributed by atoms with E-state index in [-0.39, 0.29) is 34.9 Å². The molecule has 0 bridgehead atoms. The van der Waals surface area contributed by atoms with Crippen molar-refractivity contribution in [3.05, 3.63) is 65.7 Å². The smallest absolute Gasteiger partial charge is 0.340 e. The third-order valence-corrected chi connectivity index (χ3v) is 5.53. The quantitative estimate of drug-likeness (QED) is 0.174. The molecule has 0 fully saturated rings. The van der Waals surface area contributed by atoms with Gasteiger partial charge in [-0.2, -0.15) is 13.5 Å². The maximum Gasteiger partial charge on any atom is 0.340 e. The lowest BCUT2D eigenvalue weighted by Crippen LogP contribution is -2.05. The van der Waals surface area contributed by atoms with Crippen LogP contribution in [0.4, 0.5) is 34.1 Å². The van der Waals surface area contributed by atoms with Gasteiger partial charge in [0.15, 0.2) is 0 Å². The molecular formula is C22H22N6O5S. The zero-order valence-electron chi connectivity index (χ0n) is 18.3. The van der Waals surface area contributed by atoms with E-state index in [1.165, 1.54) is 12.1 Å². The van der Waals surface area contributed by atoms with Crippen LogP contribution in [-0.2, 0) is 14.9 Å². The van der Waals surface area contributed by atoms with Crippen molar-refractivity contribution in [2.45, 2.75) is 18.7 Å². The molecule has 3 aromatic rings. The average Bonchev–Trinajstić information content (AvgIpc) is 2.79. The maximum atomic E-state index is 12.2. The van der Waals surface area contributed by atoms with Crippen molar-refractivity contribution in [2.24, 2.45) is 20.5 Å². The standard InChI is InChI=1S/C22H22N6O5S/c1-3-33-22(29)14-9-5-7-11-16(14)26-27-17-12-18(34(30,31)32)20(24)21(19(17)23)28-25-15-10-6-4-8-13(15)2/h4-12H,3,23-24H2,1-2H3,(H,30,31,32)/b27-26+,28-25+. The molecule has 0 spiro atoms. The number of nitrogens with two attached hydrogens (primary N) is 2. The van der Waals surface area contributed by atoms with Crippen LogP contribution in [0.25, 0.3) is 0 Å². The fraction of sp³-hybridized carbons (Fsp3) is 0.136. The highest BCUT2D eigenvalue weighted by Crippen LogP contribution is 2.43. The van der Waals surface area contributed by atoms with Gasteiger partial charge < -0.3 is 16.2 Å². The average molecular weight is 483 g/mol. The molecular weight excluding hydrogens is 460 g/mol. The van der Waals surface area contributed by atoms with Gasteiger partial charge in [0.2, 0.25) is 0 Å². The SMILES string of the molecule is CCOC(=O)c1ccccc1/N=N/c1cc(S(=O)(=O)O)c(N)c(/N=N/c2ccccc2C)c1N. The number of azo groups is 2. The van der Waals surface area contributed by atoms with Gasteiger partial charge in [0.05, 0.1) is 29.2 Å². The van der Waals surface area contributed by atoms with Gasteiger partial charge in [-0.25, -0.2) is 4.79 Å². The Hall–Kier alpha value is -4.16. The van der Waals surface area contributed by atoms with Crippen molar-refractivity contribution in [2.75, 3.05) is 18.1 Å². The molecule has 0 saturated carbocycles. The molecule has 0 saturated heterocycles. The molecule has 0 aliphatic carbocycles. The van der Waals surface area contributed by atoms with Crippen LogP contribution >= 0.6 is 0 Å². The van der Waals surface area contributed by atoms with E-state index in [1.54, 1.807) is 31.2 Å². The molecule has 12 heteroatoms. The van der Waals surface area contributed by atoms with Crippen molar-refractivity contribution < 1.29 is 22.5 Å². The van der Waals surface area contributed by atoms with Crippen LogP contribution < -0.4 is 11.5 Å². The van der Waals surface area contributed by atoms with E-state index in [9.17, 15) is 17.8 Å². The number of anilines is 2. The number of hydrogen-bond donors (Lipinski definition) is 3. The van der Waals surface area contributed by atoms with Crippen molar-refractivity contribution in [3.63, 3.8) is 0 Å². The first-order valence-electron chi connectivity index (χ1n) is 9.98. The molecule has 176 valence electrons. The lowest BCUT2D eigenvalue weighted by molar-refractivity contribution is 0.0527. The van der Waals surface area contributed by atoms with Gasteiger partial charge in [0.1, 0.15) is 22.0 Å².